The molecule has 4 heteroatoms. The van der Waals surface area contributed by atoms with E-state index in [2.05, 4.69) is 20.8 Å². The van der Waals surface area contributed by atoms with Crippen LogP contribution in [-0.2, 0) is 9.53 Å². The molecule has 0 aliphatic carbocycles. The van der Waals surface area contributed by atoms with Gasteiger partial charge in [-0.15, -0.1) is 0 Å². The summed E-state index contributed by atoms with van der Waals surface area (Å²) in [6.45, 7) is 9.68. The summed E-state index contributed by atoms with van der Waals surface area (Å²) < 4.78 is 4.73. The molecule has 0 aromatic heterocycles. The number of aliphatic hydroxyl groups excluding tert-OH is 1. The molecule has 1 N–H and O–H groups in total. The van der Waals surface area contributed by atoms with E-state index in [0.717, 1.165) is 13.0 Å². The molecule has 1 aliphatic heterocycles. The standard InChI is InChI=1S/C13H25NO3/c1-9(12(16)17-5)14-7-6-10(11(15)8-14)13(2,3)4/h9-11,15H,6-8H2,1-5H3/t9-,10+,11-/m0/s1. The summed E-state index contributed by atoms with van der Waals surface area (Å²) in [5, 5.41) is 10.2. The summed E-state index contributed by atoms with van der Waals surface area (Å²) in [6.07, 6.45) is 0.558. The molecule has 0 amide bonds. The lowest BCUT2D eigenvalue weighted by atomic mass is 9.73. The lowest BCUT2D eigenvalue weighted by molar-refractivity contribution is -0.148. The summed E-state index contributed by atoms with van der Waals surface area (Å²) in [5.74, 6) is 0.0648. The first kappa shape index (κ1) is 14.5. The predicted molar refractivity (Wildman–Crippen MR) is 66.6 cm³/mol. The fourth-order valence-electron chi connectivity index (χ4n) is 2.64. The molecule has 4 nitrogen and oxygen atoms in total. The molecule has 17 heavy (non-hydrogen) atoms. The SMILES string of the molecule is COC(=O)[C@H](C)N1CC[C@@H](C(C)(C)C)[C@@H](O)C1. The zero-order valence-corrected chi connectivity index (χ0v) is 11.6. The Labute approximate surface area is 104 Å². The van der Waals surface area contributed by atoms with Crippen LogP contribution < -0.4 is 0 Å². The van der Waals surface area contributed by atoms with Crippen molar-refractivity contribution in [2.75, 3.05) is 20.2 Å². The van der Waals surface area contributed by atoms with Gasteiger partial charge in [0.2, 0.25) is 0 Å². The van der Waals surface area contributed by atoms with E-state index >= 15 is 0 Å². The molecule has 1 heterocycles. The largest absolute Gasteiger partial charge is 0.468 e. The highest BCUT2D eigenvalue weighted by molar-refractivity contribution is 5.75. The molecule has 0 spiro atoms. The van der Waals surface area contributed by atoms with E-state index in [1.807, 2.05) is 11.8 Å². The first-order chi connectivity index (χ1) is 7.77. The first-order valence-electron chi connectivity index (χ1n) is 6.27. The number of ether oxygens (including phenoxy) is 1. The van der Waals surface area contributed by atoms with Crippen LogP contribution in [0.25, 0.3) is 0 Å². The van der Waals surface area contributed by atoms with Crippen LogP contribution in [0.15, 0.2) is 0 Å². The molecule has 0 bridgehead atoms. The Bertz CT molecular complexity index is 272. The summed E-state index contributed by atoms with van der Waals surface area (Å²) in [6, 6.07) is -0.268. The normalized spacial score (nSPS) is 28.8. The number of aliphatic hydroxyl groups is 1. The number of piperidine rings is 1. The zero-order chi connectivity index (χ0) is 13.2. The molecule has 0 unspecified atom stereocenters. The summed E-state index contributed by atoms with van der Waals surface area (Å²) in [7, 11) is 1.40. The number of likely N-dealkylation sites (tertiary alicyclic amines) is 1. The molecule has 1 aliphatic rings. The van der Waals surface area contributed by atoms with Gasteiger partial charge in [-0.2, -0.15) is 0 Å². The number of rotatable bonds is 2. The minimum Gasteiger partial charge on any atom is -0.468 e. The third-order valence-corrected chi connectivity index (χ3v) is 3.82. The Morgan fingerprint density at radius 2 is 2.06 bits per heavy atom. The Morgan fingerprint density at radius 1 is 1.47 bits per heavy atom. The van der Waals surface area contributed by atoms with Gasteiger partial charge in [-0.25, -0.2) is 0 Å². The maximum absolute atomic E-state index is 11.5. The van der Waals surface area contributed by atoms with Crippen LogP contribution in [0.4, 0.5) is 0 Å². The van der Waals surface area contributed by atoms with Crippen molar-refractivity contribution >= 4 is 5.97 Å². The molecule has 1 saturated heterocycles. The van der Waals surface area contributed by atoms with Crippen molar-refractivity contribution in [2.45, 2.75) is 46.3 Å². The van der Waals surface area contributed by atoms with E-state index in [9.17, 15) is 9.90 Å². The highest BCUT2D eigenvalue weighted by Crippen LogP contribution is 2.35. The lowest BCUT2D eigenvalue weighted by Crippen LogP contribution is -2.52. The molecular formula is C13H25NO3. The number of carbonyl (C=O) groups is 1. The van der Waals surface area contributed by atoms with Gasteiger partial charge in [-0.1, -0.05) is 20.8 Å². The van der Waals surface area contributed by atoms with Crippen LogP contribution in [-0.4, -0.2) is 48.3 Å². The highest BCUT2D eigenvalue weighted by Gasteiger charge is 2.38. The van der Waals surface area contributed by atoms with E-state index < -0.39 is 0 Å². The van der Waals surface area contributed by atoms with E-state index in [1.165, 1.54) is 7.11 Å². The molecule has 0 aromatic carbocycles. The minimum absolute atomic E-state index is 0.111. The Morgan fingerprint density at radius 3 is 2.47 bits per heavy atom. The molecule has 100 valence electrons. The second-order valence-electron chi connectivity index (χ2n) is 6.02. The van der Waals surface area contributed by atoms with Crippen molar-refractivity contribution in [3.05, 3.63) is 0 Å². The topological polar surface area (TPSA) is 49.8 Å². The number of hydrogen-bond donors (Lipinski definition) is 1. The molecule has 0 saturated carbocycles. The van der Waals surface area contributed by atoms with E-state index in [4.69, 9.17) is 4.74 Å². The molecule has 1 fully saturated rings. The number of β-amino-alcohol motifs (C(OH)–C–C–N with tert-alkyl or cyclic N) is 1. The molecule has 1 rings (SSSR count). The predicted octanol–water partition coefficient (Wildman–Crippen LogP) is 1.28. The van der Waals surface area contributed by atoms with Crippen molar-refractivity contribution in [3.8, 4) is 0 Å². The third-order valence-electron chi connectivity index (χ3n) is 3.82. The van der Waals surface area contributed by atoms with Crippen LogP contribution in [0, 0.1) is 11.3 Å². The maximum Gasteiger partial charge on any atom is 0.322 e. The first-order valence-corrected chi connectivity index (χ1v) is 6.27. The Kier molecular flexibility index (Phi) is 4.55. The van der Waals surface area contributed by atoms with Gasteiger partial charge in [0.25, 0.3) is 0 Å². The Balaban J connectivity index is 2.61. The fraction of sp³-hybridized carbons (Fsp3) is 0.923. The van der Waals surface area contributed by atoms with Crippen molar-refractivity contribution in [2.24, 2.45) is 11.3 Å². The van der Waals surface area contributed by atoms with Gasteiger partial charge in [-0.3, -0.25) is 9.69 Å². The number of esters is 1. The molecule has 3 atom stereocenters. The van der Waals surface area contributed by atoms with Gasteiger partial charge >= 0.3 is 5.97 Å². The number of methoxy groups -OCH3 is 1. The highest BCUT2D eigenvalue weighted by atomic mass is 16.5. The van der Waals surface area contributed by atoms with Gasteiger partial charge in [-0.05, 0) is 31.2 Å². The minimum atomic E-state index is -0.365. The van der Waals surface area contributed by atoms with Crippen LogP contribution in [0.5, 0.6) is 0 Å². The van der Waals surface area contributed by atoms with Gasteiger partial charge in [0.05, 0.1) is 13.2 Å². The zero-order valence-electron chi connectivity index (χ0n) is 11.6. The molecule has 0 aromatic rings. The quantitative estimate of drug-likeness (QED) is 0.742. The third kappa shape index (κ3) is 3.42. The monoisotopic (exact) mass is 243 g/mol. The maximum atomic E-state index is 11.5. The lowest BCUT2D eigenvalue weighted by Gasteiger charge is -2.43. The Hall–Kier alpha value is -0.610. The van der Waals surface area contributed by atoms with Gasteiger partial charge in [0.15, 0.2) is 0 Å². The van der Waals surface area contributed by atoms with Crippen LogP contribution in [0.2, 0.25) is 0 Å². The smallest absolute Gasteiger partial charge is 0.322 e. The second kappa shape index (κ2) is 5.36. The summed E-state index contributed by atoms with van der Waals surface area (Å²) in [5.41, 5.74) is 0.111. The van der Waals surface area contributed by atoms with E-state index in [0.29, 0.717) is 12.5 Å². The van der Waals surface area contributed by atoms with Crippen molar-refractivity contribution in [1.82, 2.24) is 4.90 Å². The average molecular weight is 243 g/mol. The summed E-state index contributed by atoms with van der Waals surface area (Å²) in [4.78, 5) is 13.4. The molecular weight excluding hydrogens is 218 g/mol. The summed E-state index contributed by atoms with van der Waals surface area (Å²) >= 11 is 0. The van der Waals surface area contributed by atoms with Crippen LogP contribution in [0.3, 0.4) is 0 Å². The molecule has 0 radical (unpaired) electrons. The van der Waals surface area contributed by atoms with Crippen molar-refractivity contribution in [3.63, 3.8) is 0 Å². The van der Waals surface area contributed by atoms with Crippen LogP contribution in [0.1, 0.15) is 34.1 Å². The number of nitrogens with zero attached hydrogens (tertiary/aromatic N) is 1. The van der Waals surface area contributed by atoms with Crippen LogP contribution >= 0.6 is 0 Å². The number of carbonyl (C=O) groups excluding carboxylic acids is 1. The fourth-order valence-corrected chi connectivity index (χ4v) is 2.64. The average Bonchev–Trinajstić information content (AvgIpc) is 2.25. The van der Waals surface area contributed by atoms with E-state index in [-0.39, 0.29) is 23.5 Å². The van der Waals surface area contributed by atoms with Crippen molar-refractivity contribution < 1.29 is 14.6 Å². The number of hydrogen-bond acceptors (Lipinski definition) is 4. The second-order valence-corrected chi connectivity index (χ2v) is 6.02. The van der Waals surface area contributed by atoms with Gasteiger partial charge in [0.1, 0.15) is 6.04 Å². The van der Waals surface area contributed by atoms with Crippen molar-refractivity contribution in [1.29, 1.82) is 0 Å². The van der Waals surface area contributed by atoms with Gasteiger partial charge in [0, 0.05) is 6.54 Å². The van der Waals surface area contributed by atoms with Gasteiger partial charge < -0.3 is 9.84 Å². The van der Waals surface area contributed by atoms with E-state index in [1.54, 1.807) is 0 Å².